The van der Waals surface area contributed by atoms with Gasteiger partial charge in [-0.05, 0) is 23.6 Å². The Balaban J connectivity index is 1.83. The predicted molar refractivity (Wildman–Crippen MR) is 114 cm³/mol. The summed E-state index contributed by atoms with van der Waals surface area (Å²) in [7, 11) is 0. The standard InChI is InChI=1S/C23H23BrN2O2/c1-16(2)23-25-12-13-26(23)22(28)15-19(17-6-4-3-5-7-17)14-21(27)18-8-10-20(24)11-9-18/h3-13,16,19H,14-15H2,1-2H3/t19-/m1/s1. The maximum atomic E-state index is 13.0. The van der Waals surface area contributed by atoms with E-state index in [1.807, 2.05) is 68.4 Å². The van der Waals surface area contributed by atoms with E-state index in [2.05, 4.69) is 20.9 Å². The van der Waals surface area contributed by atoms with Crippen LogP contribution in [0.15, 0.2) is 71.5 Å². The van der Waals surface area contributed by atoms with E-state index in [0.29, 0.717) is 5.56 Å². The third-order valence-electron chi connectivity index (χ3n) is 4.74. The summed E-state index contributed by atoms with van der Waals surface area (Å²) < 4.78 is 2.55. The maximum absolute atomic E-state index is 13.0. The average Bonchev–Trinajstić information content (AvgIpc) is 3.19. The van der Waals surface area contributed by atoms with Gasteiger partial charge in [-0.15, -0.1) is 0 Å². The van der Waals surface area contributed by atoms with Crippen molar-refractivity contribution in [3.05, 3.63) is 88.4 Å². The van der Waals surface area contributed by atoms with E-state index in [-0.39, 0.29) is 36.4 Å². The molecule has 0 N–H and O–H groups in total. The highest BCUT2D eigenvalue weighted by molar-refractivity contribution is 9.10. The molecule has 0 unspecified atom stereocenters. The summed E-state index contributed by atoms with van der Waals surface area (Å²) >= 11 is 3.39. The molecule has 0 amide bonds. The first kappa shape index (κ1) is 20.2. The van der Waals surface area contributed by atoms with Crippen molar-refractivity contribution in [1.82, 2.24) is 9.55 Å². The molecule has 1 heterocycles. The number of Topliss-reactive ketones (excluding diaryl/α,β-unsaturated/α-hetero) is 1. The Kier molecular flexibility index (Phi) is 6.57. The summed E-state index contributed by atoms with van der Waals surface area (Å²) in [6, 6.07) is 17.1. The van der Waals surface area contributed by atoms with Crippen LogP contribution in [0.5, 0.6) is 0 Å². The van der Waals surface area contributed by atoms with Gasteiger partial charge in [-0.3, -0.25) is 14.2 Å². The van der Waals surface area contributed by atoms with Gasteiger partial charge in [-0.25, -0.2) is 4.98 Å². The SMILES string of the molecule is CC(C)c1nccn1C(=O)C[C@@H](CC(=O)c1ccc(Br)cc1)c1ccccc1. The topological polar surface area (TPSA) is 52.0 Å². The summed E-state index contributed by atoms with van der Waals surface area (Å²) in [5.74, 6) is 0.698. The number of ketones is 1. The van der Waals surface area contributed by atoms with E-state index in [1.165, 1.54) is 0 Å². The van der Waals surface area contributed by atoms with Gasteiger partial charge in [0.05, 0.1) is 0 Å². The van der Waals surface area contributed by atoms with Gasteiger partial charge in [0.1, 0.15) is 5.82 Å². The minimum atomic E-state index is -0.188. The summed E-state index contributed by atoms with van der Waals surface area (Å²) in [5.41, 5.74) is 1.65. The lowest BCUT2D eigenvalue weighted by atomic mass is 9.88. The number of carbonyl (C=O) groups excluding carboxylic acids is 2. The number of nitrogens with zero attached hydrogens (tertiary/aromatic N) is 2. The maximum Gasteiger partial charge on any atom is 0.232 e. The fourth-order valence-electron chi connectivity index (χ4n) is 3.27. The van der Waals surface area contributed by atoms with E-state index < -0.39 is 0 Å². The largest absolute Gasteiger partial charge is 0.294 e. The Hall–Kier alpha value is -2.53. The minimum Gasteiger partial charge on any atom is -0.294 e. The molecule has 28 heavy (non-hydrogen) atoms. The van der Waals surface area contributed by atoms with Crippen LogP contribution in [0.25, 0.3) is 0 Å². The van der Waals surface area contributed by atoms with E-state index in [4.69, 9.17) is 0 Å². The molecule has 0 radical (unpaired) electrons. The fraction of sp³-hybridized carbons (Fsp3) is 0.261. The number of carbonyl (C=O) groups is 2. The average molecular weight is 439 g/mol. The zero-order valence-electron chi connectivity index (χ0n) is 16.0. The van der Waals surface area contributed by atoms with Gasteiger partial charge in [-0.1, -0.05) is 72.2 Å². The Bertz CT molecular complexity index is 946. The van der Waals surface area contributed by atoms with Crippen molar-refractivity contribution in [2.45, 2.75) is 38.5 Å². The molecule has 0 aliphatic carbocycles. The molecule has 0 bridgehead atoms. The zero-order chi connectivity index (χ0) is 20.1. The number of hydrogen-bond acceptors (Lipinski definition) is 3. The number of hydrogen-bond donors (Lipinski definition) is 0. The van der Waals surface area contributed by atoms with Gasteiger partial charge in [0.15, 0.2) is 5.78 Å². The van der Waals surface area contributed by atoms with E-state index in [9.17, 15) is 9.59 Å². The van der Waals surface area contributed by atoms with Crippen LogP contribution < -0.4 is 0 Å². The van der Waals surface area contributed by atoms with Gasteiger partial charge in [0, 0.05) is 41.2 Å². The number of aromatic nitrogens is 2. The molecule has 0 saturated heterocycles. The first-order chi connectivity index (χ1) is 13.5. The van der Waals surface area contributed by atoms with Crippen molar-refractivity contribution in [3.63, 3.8) is 0 Å². The van der Waals surface area contributed by atoms with Crippen LogP contribution in [0.4, 0.5) is 0 Å². The molecular formula is C23H23BrN2O2. The van der Waals surface area contributed by atoms with Crippen molar-refractivity contribution in [2.75, 3.05) is 0 Å². The predicted octanol–water partition coefficient (Wildman–Crippen LogP) is 5.86. The summed E-state index contributed by atoms with van der Waals surface area (Å²) in [6.07, 6.45) is 3.89. The van der Waals surface area contributed by atoms with Gasteiger partial charge in [0.25, 0.3) is 0 Å². The summed E-state index contributed by atoms with van der Waals surface area (Å²) in [6.45, 7) is 4.02. The molecular weight excluding hydrogens is 416 g/mol. The van der Waals surface area contributed by atoms with Crippen LogP contribution in [-0.4, -0.2) is 21.2 Å². The van der Waals surface area contributed by atoms with Gasteiger partial charge in [-0.2, -0.15) is 0 Å². The quantitative estimate of drug-likeness (QED) is 0.434. The van der Waals surface area contributed by atoms with Crippen LogP contribution in [0.1, 0.15) is 65.1 Å². The van der Waals surface area contributed by atoms with Gasteiger partial charge in [0.2, 0.25) is 5.91 Å². The summed E-state index contributed by atoms with van der Waals surface area (Å²) in [4.78, 5) is 30.1. The zero-order valence-corrected chi connectivity index (χ0v) is 17.6. The molecule has 3 aromatic rings. The first-order valence-electron chi connectivity index (χ1n) is 9.36. The second kappa shape index (κ2) is 9.11. The highest BCUT2D eigenvalue weighted by atomic mass is 79.9. The molecule has 0 saturated carbocycles. The molecule has 1 aromatic heterocycles. The third kappa shape index (κ3) is 4.84. The van der Waals surface area contributed by atoms with Crippen LogP contribution >= 0.6 is 15.9 Å². The second-order valence-electron chi connectivity index (χ2n) is 7.15. The van der Waals surface area contributed by atoms with Crippen LogP contribution in [0.3, 0.4) is 0 Å². The van der Waals surface area contributed by atoms with Crippen LogP contribution in [0.2, 0.25) is 0 Å². The Morgan fingerprint density at radius 3 is 2.32 bits per heavy atom. The van der Waals surface area contributed by atoms with Crippen molar-refractivity contribution >= 4 is 27.6 Å². The number of imidazole rings is 1. The first-order valence-corrected chi connectivity index (χ1v) is 10.1. The van der Waals surface area contributed by atoms with Crippen molar-refractivity contribution < 1.29 is 9.59 Å². The molecule has 4 nitrogen and oxygen atoms in total. The molecule has 0 spiro atoms. The molecule has 0 aliphatic heterocycles. The molecule has 0 aliphatic rings. The number of benzene rings is 2. The van der Waals surface area contributed by atoms with Gasteiger partial charge >= 0.3 is 0 Å². The smallest absolute Gasteiger partial charge is 0.232 e. The second-order valence-corrected chi connectivity index (χ2v) is 8.07. The van der Waals surface area contributed by atoms with E-state index in [0.717, 1.165) is 15.9 Å². The monoisotopic (exact) mass is 438 g/mol. The van der Waals surface area contributed by atoms with Crippen LogP contribution in [0, 0.1) is 0 Å². The number of halogens is 1. The lowest BCUT2D eigenvalue weighted by Gasteiger charge is -2.18. The lowest BCUT2D eigenvalue weighted by molar-refractivity contribution is 0.0878. The Morgan fingerprint density at radius 1 is 1.00 bits per heavy atom. The number of rotatable bonds is 7. The molecule has 1 atom stereocenters. The Labute approximate surface area is 173 Å². The molecule has 2 aromatic carbocycles. The minimum absolute atomic E-state index is 0.0314. The summed E-state index contributed by atoms with van der Waals surface area (Å²) in [5, 5.41) is 0. The lowest BCUT2D eigenvalue weighted by Crippen LogP contribution is -2.19. The van der Waals surface area contributed by atoms with E-state index >= 15 is 0 Å². The normalized spacial score (nSPS) is 12.1. The fourth-order valence-corrected chi connectivity index (χ4v) is 3.54. The highest BCUT2D eigenvalue weighted by Gasteiger charge is 2.23. The molecule has 144 valence electrons. The van der Waals surface area contributed by atoms with E-state index in [1.54, 1.807) is 17.0 Å². The highest BCUT2D eigenvalue weighted by Crippen LogP contribution is 2.27. The Morgan fingerprint density at radius 2 is 1.68 bits per heavy atom. The van der Waals surface area contributed by atoms with Crippen LogP contribution in [-0.2, 0) is 0 Å². The van der Waals surface area contributed by atoms with Gasteiger partial charge < -0.3 is 0 Å². The molecule has 0 fully saturated rings. The molecule has 3 rings (SSSR count). The third-order valence-corrected chi connectivity index (χ3v) is 5.27. The van der Waals surface area contributed by atoms with Crippen molar-refractivity contribution in [3.8, 4) is 0 Å². The van der Waals surface area contributed by atoms with Crippen molar-refractivity contribution in [2.24, 2.45) is 0 Å². The molecule has 5 heteroatoms. The van der Waals surface area contributed by atoms with Crippen molar-refractivity contribution in [1.29, 1.82) is 0 Å².